The minimum atomic E-state index is -0.868. The molecule has 0 aliphatic carbocycles. The quantitative estimate of drug-likeness (QED) is 0.682. The van der Waals surface area contributed by atoms with Crippen molar-refractivity contribution < 1.29 is 23.0 Å². The zero-order valence-electron chi connectivity index (χ0n) is 17.3. The number of nitrogens with one attached hydrogen (secondary N) is 1. The smallest absolute Gasteiger partial charge is 0.223 e. The molecular formula is C21H23F2N5O3. The van der Waals surface area contributed by atoms with E-state index < -0.39 is 17.4 Å². The molecule has 0 radical (unpaired) electrons. The monoisotopic (exact) mass is 431 g/mol. The first kappa shape index (κ1) is 20.8. The highest BCUT2D eigenvalue weighted by atomic mass is 19.1. The lowest BCUT2D eigenvalue weighted by molar-refractivity contribution is -0.119. The molecule has 1 amide bonds. The van der Waals surface area contributed by atoms with Gasteiger partial charge in [0.2, 0.25) is 5.91 Å². The fraction of sp³-hybridized carbons (Fsp3) is 0.381. The minimum Gasteiger partial charge on any atom is -0.474 e. The standard InChI is InChI=1S/C21H23F2N5O3/c1-13(29)26-20(8-19-24-9-15-4-3-5-28(15)19)30-12-14-6-17(22)21(18(23)7-14)31-16-10-25-27(2)11-16/h6-8,10-11,15H,3-5,9,12H2,1-2H3,(H,26,29)/t15-/m1/s1. The predicted octanol–water partition coefficient (Wildman–Crippen LogP) is 2.86. The molecule has 3 heterocycles. The van der Waals surface area contributed by atoms with Crippen molar-refractivity contribution in [2.75, 3.05) is 13.1 Å². The Kier molecular flexibility index (Phi) is 5.88. The van der Waals surface area contributed by atoms with E-state index in [1.807, 2.05) is 0 Å². The molecule has 1 aromatic heterocycles. The molecule has 2 aromatic rings. The molecule has 0 bridgehead atoms. The summed E-state index contributed by atoms with van der Waals surface area (Å²) in [6, 6.07) is 2.65. The second-order valence-corrected chi connectivity index (χ2v) is 7.51. The molecular weight excluding hydrogens is 408 g/mol. The number of fused-ring (bicyclic) bond motifs is 1. The lowest BCUT2D eigenvalue weighted by Crippen LogP contribution is -2.31. The molecule has 2 aliphatic heterocycles. The van der Waals surface area contributed by atoms with E-state index in [2.05, 4.69) is 20.3 Å². The van der Waals surface area contributed by atoms with Crippen LogP contribution in [0.4, 0.5) is 8.78 Å². The maximum absolute atomic E-state index is 14.5. The molecule has 10 heteroatoms. The van der Waals surface area contributed by atoms with Crippen LogP contribution in [-0.4, -0.2) is 45.6 Å². The first-order valence-corrected chi connectivity index (χ1v) is 9.96. The molecule has 8 nitrogen and oxygen atoms in total. The molecule has 1 aromatic carbocycles. The number of amides is 1. The van der Waals surface area contributed by atoms with Gasteiger partial charge >= 0.3 is 0 Å². The van der Waals surface area contributed by atoms with Crippen molar-refractivity contribution in [2.24, 2.45) is 12.0 Å². The number of aryl methyl sites for hydroxylation is 1. The normalized spacial score (nSPS) is 18.1. The molecule has 164 valence electrons. The summed E-state index contributed by atoms with van der Waals surface area (Å²) in [7, 11) is 1.67. The Morgan fingerprint density at radius 1 is 1.35 bits per heavy atom. The number of aromatic nitrogens is 2. The van der Waals surface area contributed by atoms with Gasteiger partial charge in [-0.25, -0.2) is 8.78 Å². The van der Waals surface area contributed by atoms with Gasteiger partial charge in [-0.3, -0.25) is 19.8 Å². The number of ether oxygens (including phenoxy) is 2. The summed E-state index contributed by atoms with van der Waals surface area (Å²) in [4.78, 5) is 18.2. The lowest BCUT2D eigenvalue weighted by Gasteiger charge is -2.19. The zero-order chi connectivity index (χ0) is 22.0. The van der Waals surface area contributed by atoms with Crippen LogP contribution < -0.4 is 10.1 Å². The highest BCUT2D eigenvalue weighted by molar-refractivity contribution is 5.95. The third-order valence-corrected chi connectivity index (χ3v) is 5.05. The number of hydrogen-bond donors (Lipinski definition) is 1. The second-order valence-electron chi connectivity index (χ2n) is 7.51. The number of nitrogens with zero attached hydrogens (tertiary/aromatic N) is 4. The van der Waals surface area contributed by atoms with Crippen LogP contribution in [0.3, 0.4) is 0 Å². The van der Waals surface area contributed by atoms with Crippen LogP contribution in [0.2, 0.25) is 0 Å². The summed E-state index contributed by atoms with van der Waals surface area (Å²) in [5.41, 5.74) is 0.247. The van der Waals surface area contributed by atoms with Gasteiger partial charge in [0, 0.05) is 26.6 Å². The summed E-state index contributed by atoms with van der Waals surface area (Å²) in [6.07, 6.45) is 6.69. The van der Waals surface area contributed by atoms with Crippen LogP contribution in [0, 0.1) is 11.6 Å². The van der Waals surface area contributed by atoms with Crippen LogP contribution >= 0.6 is 0 Å². The van der Waals surface area contributed by atoms with Crippen LogP contribution in [0.1, 0.15) is 25.3 Å². The van der Waals surface area contributed by atoms with E-state index in [0.717, 1.165) is 37.4 Å². The van der Waals surface area contributed by atoms with Crippen molar-refractivity contribution in [2.45, 2.75) is 32.4 Å². The summed E-state index contributed by atoms with van der Waals surface area (Å²) in [5, 5.41) is 6.50. The molecule has 1 saturated heterocycles. The topological polar surface area (TPSA) is 81.0 Å². The van der Waals surface area contributed by atoms with Gasteiger partial charge in [-0.15, -0.1) is 0 Å². The van der Waals surface area contributed by atoms with E-state index in [1.165, 1.54) is 24.0 Å². The maximum atomic E-state index is 14.5. The third kappa shape index (κ3) is 4.84. The Hall–Kier alpha value is -3.43. The van der Waals surface area contributed by atoms with Gasteiger partial charge in [-0.2, -0.15) is 5.10 Å². The van der Waals surface area contributed by atoms with Crippen LogP contribution in [0.15, 0.2) is 41.5 Å². The Bertz CT molecular complexity index is 1030. The zero-order valence-corrected chi connectivity index (χ0v) is 17.3. The molecule has 0 unspecified atom stereocenters. The second kappa shape index (κ2) is 8.75. The predicted molar refractivity (Wildman–Crippen MR) is 108 cm³/mol. The van der Waals surface area contributed by atoms with Crippen molar-refractivity contribution >= 4 is 11.7 Å². The van der Waals surface area contributed by atoms with Crippen molar-refractivity contribution in [3.63, 3.8) is 0 Å². The number of amidine groups is 1. The third-order valence-electron chi connectivity index (χ3n) is 5.05. The van der Waals surface area contributed by atoms with E-state index in [9.17, 15) is 13.6 Å². The average molecular weight is 431 g/mol. The Balaban J connectivity index is 1.46. The van der Waals surface area contributed by atoms with Crippen LogP contribution in [-0.2, 0) is 23.2 Å². The number of rotatable bonds is 7. The van der Waals surface area contributed by atoms with Crippen molar-refractivity contribution in [1.82, 2.24) is 20.0 Å². The van der Waals surface area contributed by atoms with Gasteiger partial charge in [-0.05, 0) is 30.5 Å². The number of halogens is 2. The Morgan fingerprint density at radius 2 is 2.13 bits per heavy atom. The SMILES string of the molecule is CC(=O)NC(=CC1=NC[C@H]2CCCN12)OCc1cc(F)c(Oc2cnn(C)c2)c(F)c1. The molecule has 2 aliphatic rings. The van der Waals surface area contributed by atoms with Gasteiger partial charge in [-0.1, -0.05) is 0 Å². The van der Waals surface area contributed by atoms with Gasteiger partial charge in [0.1, 0.15) is 12.4 Å². The fourth-order valence-corrected chi connectivity index (χ4v) is 3.67. The number of benzene rings is 1. The average Bonchev–Trinajstić information content (AvgIpc) is 3.41. The number of aliphatic imine (C=N–C) groups is 1. The summed E-state index contributed by atoms with van der Waals surface area (Å²) >= 11 is 0. The van der Waals surface area contributed by atoms with Crippen molar-refractivity contribution in [1.29, 1.82) is 0 Å². The first-order chi connectivity index (χ1) is 14.9. The molecule has 1 fully saturated rings. The number of carbonyl (C=O) groups is 1. The number of hydrogen-bond acceptors (Lipinski definition) is 6. The van der Waals surface area contributed by atoms with Crippen molar-refractivity contribution in [3.8, 4) is 11.5 Å². The lowest BCUT2D eigenvalue weighted by atomic mass is 10.2. The van der Waals surface area contributed by atoms with E-state index in [-0.39, 0.29) is 29.7 Å². The molecule has 0 spiro atoms. The Labute approximate surface area is 178 Å². The molecule has 1 atom stereocenters. The van der Waals surface area contributed by atoms with E-state index in [1.54, 1.807) is 13.1 Å². The summed E-state index contributed by atoms with van der Waals surface area (Å²) < 4.78 is 41.3. The summed E-state index contributed by atoms with van der Waals surface area (Å²) in [6.45, 7) is 2.83. The number of carbonyl (C=O) groups excluding carboxylic acids is 1. The molecule has 0 saturated carbocycles. The van der Waals surface area contributed by atoms with Crippen LogP contribution in [0.25, 0.3) is 0 Å². The van der Waals surface area contributed by atoms with E-state index in [4.69, 9.17) is 9.47 Å². The van der Waals surface area contributed by atoms with Gasteiger partial charge in [0.25, 0.3) is 0 Å². The van der Waals surface area contributed by atoms with Gasteiger partial charge in [0.05, 0.1) is 25.0 Å². The highest BCUT2D eigenvalue weighted by Crippen LogP contribution is 2.29. The van der Waals surface area contributed by atoms with E-state index >= 15 is 0 Å². The summed E-state index contributed by atoms with van der Waals surface area (Å²) in [5.74, 6) is -1.44. The first-order valence-electron chi connectivity index (χ1n) is 9.96. The molecule has 1 N–H and O–H groups in total. The highest BCUT2D eigenvalue weighted by Gasteiger charge is 2.31. The van der Waals surface area contributed by atoms with Gasteiger partial charge < -0.3 is 14.4 Å². The Morgan fingerprint density at radius 3 is 2.81 bits per heavy atom. The van der Waals surface area contributed by atoms with E-state index in [0.29, 0.717) is 12.6 Å². The maximum Gasteiger partial charge on any atom is 0.223 e. The molecule has 31 heavy (non-hydrogen) atoms. The van der Waals surface area contributed by atoms with Crippen LogP contribution in [0.5, 0.6) is 11.5 Å². The fourth-order valence-electron chi connectivity index (χ4n) is 3.67. The largest absolute Gasteiger partial charge is 0.474 e. The molecule has 4 rings (SSSR count). The van der Waals surface area contributed by atoms with Gasteiger partial charge in [0.15, 0.2) is 29.0 Å². The van der Waals surface area contributed by atoms with Crippen molar-refractivity contribution in [3.05, 3.63) is 53.7 Å². The minimum absolute atomic E-state index is 0.149.